The number of aromatic nitrogens is 1. The first-order valence-electron chi connectivity index (χ1n) is 8.74. The Hall–Kier alpha value is -1.16. The van der Waals surface area contributed by atoms with E-state index in [0.717, 1.165) is 43.6 Å². The van der Waals surface area contributed by atoms with E-state index in [1.165, 1.54) is 37.9 Å². The van der Waals surface area contributed by atoms with Gasteiger partial charge in [0, 0.05) is 18.8 Å². The molecule has 3 aliphatic rings. The van der Waals surface area contributed by atoms with Crippen molar-refractivity contribution in [3.05, 3.63) is 28.8 Å². The summed E-state index contributed by atoms with van der Waals surface area (Å²) in [5, 5.41) is -0.223. The number of carbonyl (C=O) groups is 1. The van der Waals surface area contributed by atoms with Gasteiger partial charge in [-0.25, -0.2) is 9.37 Å². The number of hydrogen-bond acceptors (Lipinski definition) is 2. The minimum absolute atomic E-state index is 0.0600. The lowest BCUT2D eigenvalue weighted by atomic mass is 9.83. The van der Waals surface area contributed by atoms with Gasteiger partial charge >= 0.3 is 0 Å². The van der Waals surface area contributed by atoms with Crippen LogP contribution in [0.3, 0.4) is 0 Å². The Morgan fingerprint density at radius 2 is 2.22 bits per heavy atom. The molecule has 4 atom stereocenters. The van der Waals surface area contributed by atoms with Crippen molar-refractivity contribution in [3.8, 4) is 0 Å². The van der Waals surface area contributed by atoms with Crippen molar-refractivity contribution in [1.29, 1.82) is 0 Å². The van der Waals surface area contributed by atoms with Crippen LogP contribution in [0.4, 0.5) is 4.39 Å². The van der Waals surface area contributed by atoms with Crippen molar-refractivity contribution in [2.45, 2.75) is 51.0 Å². The van der Waals surface area contributed by atoms with Crippen LogP contribution in [-0.2, 0) is 0 Å². The molecule has 2 aliphatic carbocycles. The first-order valence-corrected chi connectivity index (χ1v) is 9.12. The van der Waals surface area contributed by atoms with Crippen molar-refractivity contribution >= 4 is 17.5 Å². The van der Waals surface area contributed by atoms with Crippen molar-refractivity contribution in [3.63, 3.8) is 0 Å². The summed E-state index contributed by atoms with van der Waals surface area (Å²) in [4.78, 5) is 18.3. The number of pyridine rings is 1. The number of halogens is 2. The molecule has 0 unspecified atom stereocenters. The molecule has 124 valence electrons. The van der Waals surface area contributed by atoms with E-state index < -0.39 is 5.82 Å². The monoisotopic (exact) mass is 336 g/mol. The van der Waals surface area contributed by atoms with Crippen molar-refractivity contribution in [2.24, 2.45) is 17.8 Å². The highest BCUT2D eigenvalue weighted by Crippen LogP contribution is 2.50. The van der Waals surface area contributed by atoms with E-state index in [-0.39, 0.29) is 22.7 Å². The fraction of sp³-hybridized carbons (Fsp3) is 0.667. The summed E-state index contributed by atoms with van der Waals surface area (Å²) in [6.45, 7) is 0.726. The van der Waals surface area contributed by atoms with Gasteiger partial charge < -0.3 is 4.90 Å². The van der Waals surface area contributed by atoms with E-state index in [0.29, 0.717) is 0 Å². The zero-order valence-electron chi connectivity index (χ0n) is 13.2. The minimum atomic E-state index is -0.690. The van der Waals surface area contributed by atoms with Gasteiger partial charge in [0.1, 0.15) is 0 Å². The molecule has 2 saturated carbocycles. The van der Waals surface area contributed by atoms with Crippen LogP contribution >= 0.6 is 11.6 Å². The average Bonchev–Trinajstić information content (AvgIpc) is 3.26. The predicted molar refractivity (Wildman–Crippen MR) is 86.8 cm³/mol. The standard InChI is InChI=1S/C18H22ClFN2O/c19-17-16(20)15(5-6-21-17)18(23)22-7-1-2-14(22)10-13-9-11-3-4-12(13)8-11/h5-6,11-14H,1-4,7-10H2/t11-,12-,13+,14+/m0/s1. The number of fused-ring (bicyclic) bond motifs is 2. The Bertz CT molecular complexity index is 623. The van der Waals surface area contributed by atoms with Crippen LogP contribution in [0.25, 0.3) is 0 Å². The van der Waals surface area contributed by atoms with Gasteiger partial charge in [0.05, 0.1) is 5.56 Å². The molecule has 0 radical (unpaired) electrons. The van der Waals surface area contributed by atoms with Crippen molar-refractivity contribution in [1.82, 2.24) is 9.88 Å². The molecule has 5 heteroatoms. The lowest BCUT2D eigenvalue weighted by Gasteiger charge is -2.30. The Morgan fingerprint density at radius 3 is 2.96 bits per heavy atom. The van der Waals surface area contributed by atoms with E-state index in [1.807, 2.05) is 4.90 Å². The molecule has 0 spiro atoms. The maximum Gasteiger partial charge on any atom is 0.257 e. The van der Waals surface area contributed by atoms with E-state index in [2.05, 4.69) is 4.98 Å². The number of hydrogen-bond donors (Lipinski definition) is 0. The highest BCUT2D eigenvalue weighted by Gasteiger charge is 2.42. The smallest absolute Gasteiger partial charge is 0.257 e. The first-order chi connectivity index (χ1) is 11.1. The Balaban J connectivity index is 1.49. The van der Waals surface area contributed by atoms with Crippen LogP contribution in [0.2, 0.25) is 5.15 Å². The molecular weight excluding hydrogens is 315 g/mol. The van der Waals surface area contributed by atoms with E-state index in [1.54, 1.807) is 0 Å². The summed E-state index contributed by atoms with van der Waals surface area (Å²) >= 11 is 5.72. The number of nitrogens with zero attached hydrogens (tertiary/aromatic N) is 2. The summed E-state index contributed by atoms with van der Waals surface area (Å²) in [5.74, 6) is 1.64. The van der Waals surface area contributed by atoms with Crippen molar-refractivity contribution < 1.29 is 9.18 Å². The van der Waals surface area contributed by atoms with Gasteiger partial charge in [0.2, 0.25) is 0 Å². The van der Waals surface area contributed by atoms with Gasteiger partial charge in [-0.2, -0.15) is 0 Å². The normalized spacial score (nSPS) is 32.7. The van der Waals surface area contributed by atoms with Gasteiger partial charge in [0.15, 0.2) is 11.0 Å². The second-order valence-electron chi connectivity index (χ2n) is 7.43. The molecule has 4 rings (SSSR count). The molecular formula is C18H22ClFN2O. The van der Waals surface area contributed by atoms with Gasteiger partial charge in [0.25, 0.3) is 5.91 Å². The first kappa shape index (κ1) is 15.4. The second-order valence-corrected chi connectivity index (χ2v) is 7.79. The molecule has 0 aromatic carbocycles. The summed E-state index contributed by atoms with van der Waals surface area (Å²) < 4.78 is 14.1. The predicted octanol–water partition coefficient (Wildman–Crippen LogP) is 4.31. The van der Waals surface area contributed by atoms with Gasteiger partial charge in [-0.1, -0.05) is 18.0 Å². The lowest BCUT2D eigenvalue weighted by molar-refractivity contribution is 0.0703. The molecule has 3 nitrogen and oxygen atoms in total. The number of carbonyl (C=O) groups excluding carboxylic acids is 1. The SMILES string of the molecule is O=C(c1ccnc(Cl)c1F)N1CCC[C@@H]1C[C@H]1C[C@H]2CC[C@H]1C2. The van der Waals surface area contributed by atoms with Crippen LogP contribution in [-0.4, -0.2) is 28.4 Å². The van der Waals surface area contributed by atoms with E-state index in [9.17, 15) is 9.18 Å². The maximum atomic E-state index is 14.1. The Morgan fingerprint density at radius 1 is 1.35 bits per heavy atom. The van der Waals surface area contributed by atoms with Gasteiger partial charge in [-0.3, -0.25) is 4.79 Å². The highest BCUT2D eigenvalue weighted by molar-refractivity contribution is 6.29. The minimum Gasteiger partial charge on any atom is -0.336 e. The molecule has 1 saturated heterocycles. The number of amides is 1. The Kier molecular flexibility index (Phi) is 4.04. The fourth-order valence-electron chi connectivity index (χ4n) is 5.10. The van der Waals surface area contributed by atoms with Gasteiger partial charge in [-0.05, 0) is 62.3 Å². The maximum absolute atomic E-state index is 14.1. The third kappa shape index (κ3) is 2.75. The average molecular weight is 337 g/mol. The fourth-order valence-corrected chi connectivity index (χ4v) is 5.26. The topological polar surface area (TPSA) is 33.2 Å². The van der Waals surface area contributed by atoms with Crippen molar-refractivity contribution in [2.75, 3.05) is 6.54 Å². The lowest BCUT2D eigenvalue weighted by Crippen LogP contribution is -2.37. The molecule has 1 aliphatic heterocycles. The quantitative estimate of drug-likeness (QED) is 0.771. The summed E-state index contributed by atoms with van der Waals surface area (Å²) in [5.41, 5.74) is 0.0600. The van der Waals surface area contributed by atoms with E-state index >= 15 is 0 Å². The van der Waals surface area contributed by atoms with Crippen LogP contribution < -0.4 is 0 Å². The highest BCUT2D eigenvalue weighted by atomic mass is 35.5. The van der Waals surface area contributed by atoms with Crippen LogP contribution in [0.5, 0.6) is 0 Å². The summed E-state index contributed by atoms with van der Waals surface area (Å²) in [6.07, 6.45) is 10.0. The molecule has 2 heterocycles. The third-order valence-corrected chi connectivity index (χ3v) is 6.44. The van der Waals surface area contributed by atoms with Crippen LogP contribution in [0.15, 0.2) is 12.3 Å². The molecule has 2 bridgehead atoms. The van der Waals surface area contributed by atoms with Crippen LogP contribution in [0, 0.1) is 23.6 Å². The van der Waals surface area contributed by atoms with Gasteiger partial charge in [-0.15, -0.1) is 0 Å². The number of likely N-dealkylation sites (tertiary alicyclic amines) is 1. The molecule has 23 heavy (non-hydrogen) atoms. The molecule has 0 N–H and O–H groups in total. The molecule has 1 amide bonds. The number of rotatable bonds is 3. The van der Waals surface area contributed by atoms with E-state index in [4.69, 9.17) is 11.6 Å². The zero-order chi connectivity index (χ0) is 16.0. The molecule has 3 fully saturated rings. The largest absolute Gasteiger partial charge is 0.336 e. The summed E-state index contributed by atoms with van der Waals surface area (Å²) in [6, 6.07) is 1.70. The molecule has 1 aromatic heterocycles. The molecule has 1 aromatic rings. The Labute approximate surface area is 141 Å². The van der Waals surface area contributed by atoms with Crippen LogP contribution in [0.1, 0.15) is 55.3 Å². The second kappa shape index (κ2) is 6.04. The zero-order valence-corrected chi connectivity index (χ0v) is 13.9. The summed E-state index contributed by atoms with van der Waals surface area (Å²) in [7, 11) is 0. The third-order valence-electron chi connectivity index (χ3n) is 6.17.